The van der Waals surface area contributed by atoms with Crippen LogP contribution in [0, 0.1) is 11.3 Å². The van der Waals surface area contributed by atoms with Gasteiger partial charge in [0.2, 0.25) is 5.88 Å². The maximum Gasteiger partial charge on any atom is 0.217 e. The van der Waals surface area contributed by atoms with E-state index >= 15 is 0 Å². The molecule has 1 saturated heterocycles. The largest absolute Gasteiger partial charge is 0.473 e. The molecule has 230 valence electrons. The van der Waals surface area contributed by atoms with Crippen LogP contribution in [0.15, 0.2) is 22.9 Å². The molecule has 3 N–H and O–H groups in total. The number of nitrogens with two attached hydrogens (primary N) is 1. The molecular weight excluding hydrogens is 576 g/mol. The third kappa shape index (κ3) is 4.87. The van der Waals surface area contributed by atoms with E-state index in [-0.39, 0.29) is 6.10 Å². The number of thiophene rings is 1. The standard InChI is InChI=1S/C32H38N8O3S/c1-18(41)17-40-14-10-22(37-40)23-15-26(42-19(2)24-8-6-13-39(24)3)36-31(35-23)28-20-7-4-11-32(29(20)43-38-28)12-5-9-25-27(32)21(16-33)30(34)44-25/h10,14-15,18-19,24,41H,4-9,11-13,17,34H2,1-3H3/t18-,19+,24+,32+/m1/s1. The zero-order valence-corrected chi connectivity index (χ0v) is 26.2. The zero-order chi connectivity index (χ0) is 30.6. The normalized spacial score (nSPS) is 22.8. The predicted molar refractivity (Wildman–Crippen MR) is 166 cm³/mol. The van der Waals surface area contributed by atoms with Crippen LogP contribution < -0.4 is 10.5 Å². The number of likely N-dealkylation sites (tertiary alicyclic amines) is 1. The van der Waals surface area contributed by atoms with E-state index in [0.717, 1.165) is 74.8 Å². The fourth-order valence-electron chi connectivity index (χ4n) is 7.61. The summed E-state index contributed by atoms with van der Waals surface area (Å²) < 4.78 is 14.4. The summed E-state index contributed by atoms with van der Waals surface area (Å²) in [4.78, 5) is 13.4. The van der Waals surface area contributed by atoms with Crippen molar-refractivity contribution in [3.63, 3.8) is 0 Å². The Kier molecular flexibility index (Phi) is 7.43. The smallest absolute Gasteiger partial charge is 0.217 e. The van der Waals surface area contributed by atoms with Crippen molar-refractivity contribution in [2.75, 3.05) is 19.3 Å². The molecule has 11 nitrogen and oxygen atoms in total. The first-order chi connectivity index (χ1) is 21.3. The highest BCUT2D eigenvalue weighted by atomic mass is 32.1. The molecule has 0 bridgehead atoms. The molecule has 0 unspecified atom stereocenters. The molecule has 7 rings (SSSR count). The number of aliphatic hydroxyl groups excluding tert-OH is 1. The highest BCUT2D eigenvalue weighted by molar-refractivity contribution is 7.16. The van der Waals surface area contributed by atoms with E-state index in [9.17, 15) is 10.4 Å². The van der Waals surface area contributed by atoms with Gasteiger partial charge in [0.1, 0.15) is 22.9 Å². The topological polar surface area (TPSA) is 152 Å². The van der Waals surface area contributed by atoms with Gasteiger partial charge in [0.25, 0.3) is 0 Å². The molecule has 4 atom stereocenters. The van der Waals surface area contributed by atoms with Gasteiger partial charge in [-0.05, 0) is 90.4 Å². The molecule has 1 aliphatic heterocycles. The lowest BCUT2D eigenvalue weighted by Gasteiger charge is -2.39. The maximum absolute atomic E-state index is 10.1. The lowest BCUT2D eigenvalue weighted by atomic mass is 9.63. The van der Waals surface area contributed by atoms with Gasteiger partial charge in [-0.25, -0.2) is 4.98 Å². The lowest BCUT2D eigenvalue weighted by molar-refractivity contribution is 0.117. The molecular formula is C32H38N8O3S. The van der Waals surface area contributed by atoms with E-state index in [4.69, 9.17) is 25.0 Å². The van der Waals surface area contributed by atoms with E-state index in [1.54, 1.807) is 11.6 Å². The summed E-state index contributed by atoms with van der Waals surface area (Å²) in [5.41, 5.74) is 10.4. The minimum absolute atomic E-state index is 0.0745. The van der Waals surface area contributed by atoms with Crippen LogP contribution in [0.5, 0.6) is 5.88 Å². The van der Waals surface area contributed by atoms with Crippen molar-refractivity contribution in [3.05, 3.63) is 45.7 Å². The molecule has 44 heavy (non-hydrogen) atoms. The van der Waals surface area contributed by atoms with Crippen LogP contribution in [-0.2, 0) is 24.8 Å². The molecule has 1 spiro atoms. The number of nitriles is 1. The molecule has 2 aliphatic carbocycles. The van der Waals surface area contributed by atoms with E-state index in [1.807, 2.05) is 18.3 Å². The van der Waals surface area contributed by atoms with Gasteiger partial charge in [-0.3, -0.25) is 9.58 Å². The second-order valence-corrected chi connectivity index (χ2v) is 13.7. The number of hydrogen-bond donors (Lipinski definition) is 2. The number of anilines is 1. The van der Waals surface area contributed by atoms with E-state index in [0.29, 0.717) is 51.9 Å². The molecule has 4 aromatic rings. The fourth-order valence-corrected chi connectivity index (χ4v) is 8.77. The average molecular weight is 615 g/mol. The minimum atomic E-state index is -0.527. The number of aromatic nitrogens is 5. The van der Waals surface area contributed by atoms with Gasteiger partial charge >= 0.3 is 0 Å². The first-order valence-electron chi connectivity index (χ1n) is 15.6. The summed E-state index contributed by atoms with van der Waals surface area (Å²) >= 11 is 1.53. The molecule has 12 heteroatoms. The number of fused-ring (bicyclic) bond motifs is 4. The second kappa shape index (κ2) is 11.3. The van der Waals surface area contributed by atoms with E-state index < -0.39 is 11.5 Å². The van der Waals surface area contributed by atoms with Crippen LogP contribution in [0.1, 0.15) is 79.7 Å². The van der Waals surface area contributed by atoms with Crippen molar-refractivity contribution in [3.8, 4) is 34.9 Å². The van der Waals surface area contributed by atoms with Crippen LogP contribution in [0.2, 0.25) is 0 Å². The Morgan fingerprint density at radius 1 is 1.23 bits per heavy atom. The highest BCUT2D eigenvalue weighted by Gasteiger charge is 2.48. The average Bonchev–Trinajstić information content (AvgIpc) is 3.79. The predicted octanol–water partition coefficient (Wildman–Crippen LogP) is 4.71. The Bertz CT molecular complexity index is 1730. The third-order valence-corrected chi connectivity index (χ3v) is 10.6. The van der Waals surface area contributed by atoms with Gasteiger partial charge in [0.05, 0.1) is 29.3 Å². The second-order valence-electron chi connectivity index (χ2n) is 12.6. The quantitative estimate of drug-likeness (QED) is 0.299. The Morgan fingerprint density at radius 2 is 2.05 bits per heavy atom. The molecule has 0 amide bonds. The Morgan fingerprint density at radius 3 is 2.80 bits per heavy atom. The number of rotatable bonds is 7. The van der Waals surface area contributed by atoms with Gasteiger partial charge in [0.15, 0.2) is 17.3 Å². The number of nitrogens with zero attached hydrogens (tertiary/aromatic N) is 7. The van der Waals surface area contributed by atoms with Gasteiger partial charge in [-0.1, -0.05) is 5.16 Å². The van der Waals surface area contributed by atoms with Gasteiger partial charge < -0.3 is 20.1 Å². The number of aliphatic hydroxyl groups is 1. The Labute approximate surface area is 260 Å². The molecule has 0 radical (unpaired) electrons. The van der Waals surface area contributed by atoms with E-state index in [1.165, 1.54) is 16.2 Å². The number of hydrogen-bond acceptors (Lipinski definition) is 11. The third-order valence-electron chi connectivity index (χ3n) is 9.55. The maximum atomic E-state index is 10.1. The SMILES string of the molecule is C[C@H](Oc1cc(-c2ccn(C[C@@H](C)O)n2)nc(-c2noc3c2CCC[C@@]32CCCc3sc(N)c(C#N)c32)n1)[C@@H]1CCCN1C. The first-order valence-corrected chi connectivity index (χ1v) is 16.4. The van der Waals surface area contributed by atoms with Crippen molar-refractivity contribution in [2.45, 2.75) is 95.4 Å². The molecule has 0 aromatic carbocycles. The number of nitrogen functional groups attached to an aromatic ring is 1. The summed E-state index contributed by atoms with van der Waals surface area (Å²) in [5.74, 6) is 1.70. The zero-order valence-electron chi connectivity index (χ0n) is 25.4. The highest BCUT2D eigenvalue weighted by Crippen LogP contribution is 2.55. The van der Waals surface area contributed by atoms with Crippen molar-refractivity contribution >= 4 is 16.3 Å². The van der Waals surface area contributed by atoms with Crippen molar-refractivity contribution < 1.29 is 14.4 Å². The summed E-state index contributed by atoms with van der Waals surface area (Å²) in [6.45, 7) is 5.26. The molecule has 1 fully saturated rings. The number of ether oxygens (including phenoxy) is 1. The summed E-state index contributed by atoms with van der Waals surface area (Å²) in [6, 6.07) is 6.40. The van der Waals surface area contributed by atoms with Crippen molar-refractivity contribution in [1.82, 2.24) is 29.8 Å². The lowest BCUT2D eigenvalue weighted by Crippen LogP contribution is -2.38. The summed E-state index contributed by atoms with van der Waals surface area (Å²) in [7, 11) is 2.14. The Balaban J connectivity index is 1.32. The van der Waals surface area contributed by atoms with Crippen molar-refractivity contribution in [2.24, 2.45) is 0 Å². The van der Waals surface area contributed by atoms with Crippen LogP contribution in [0.4, 0.5) is 5.00 Å². The minimum Gasteiger partial charge on any atom is -0.473 e. The summed E-state index contributed by atoms with van der Waals surface area (Å²) in [5, 5.41) is 29.8. The molecule has 3 aliphatic rings. The monoisotopic (exact) mass is 614 g/mol. The van der Waals surface area contributed by atoms with E-state index in [2.05, 4.69) is 35.2 Å². The molecule has 4 aromatic heterocycles. The number of aryl methyl sites for hydroxylation is 1. The van der Waals surface area contributed by atoms with Crippen LogP contribution in [0.3, 0.4) is 0 Å². The first kappa shape index (κ1) is 29.0. The number of likely N-dealkylation sites (N-methyl/N-ethyl adjacent to an activating group) is 1. The van der Waals surface area contributed by atoms with Crippen molar-refractivity contribution in [1.29, 1.82) is 5.26 Å². The molecule has 0 saturated carbocycles. The van der Waals surface area contributed by atoms with Gasteiger partial charge in [-0.15, -0.1) is 11.3 Å². The summed E-state index contributed by atoms with van der Waals surface area (Å²) in [6.07, 6.45) is 8.86. The van der Waals surface area contributed by atoms with Crippen LogP contribution in [-0.4, -0.2) is 66.8 Å². The van der Waals surface area contributed by atoms with Gasteiger partial charge in [-0.2, -0.15) is 15.3 Å². The van der Waals surface area contributed by atoms with Crippen LogP contribution >= 0.6 is 11.3 Å². The fraction of sp³-hybridized carbons (Fsp3) is 0.531. The molecule has 5 heterocycles. The Hall–Kier alpha value is -3.79. The van der Waals surface area contributed by atoms with Crippen LogP contribution in [0.25, 0.3) is 22.9 Å². The van der Waals surface area contributed by atoms with Gasteiger partial charge in [0, 0.05) is 28.7 Å².